The Balaban J connectivity index is 1.97. The number of terminal acetylenes is 1. The van der Waals surface area contributed by atoms with Crippen LogP contribution in [0.5, 0.6) is 0 Å². The molecule has 0 aliphatic rings. The van der Waals surface area contributed by atoms with Gasteiger partial charge in [-0.25, -0.2) is 0 Å². The molecule has 2 nitrogen and oxygen atoms in total. The zero-order valence-electron chi connectivity index (χ0n) is 10.0. The van der Waals surface area contributed by atoms with E-state index in [9.17, 15) is 5.11 Å². The zero-order chi connectivity index (χ0) is 12.8. The average Bonchev–Trinajstić information content (AvgIpc) is 2.46. The van der Waals surface area contributed by atoms with Gasteiger partial charge >= 0.3 is 0 Å². The van der Waals surface area contributed by atoms with Crippen molar-refractivity contribution in [3.05, 3.63) is 65.7 Å². The summed E-state index contributed by atoms with van der Waals surface area (Å²) in [5.74, 6) is 2.58. The normalized spacial score (nSPS) is 11.6. The van der Waals surface area contributed by atoms with Crippen LogP contribution in [0.4, 0.5) is 5.69 Å². The number of hydrogen-bond acceptors (Lipinski definition) is 2. The number of aliphatic hydroxyl groups excluding tert-OH is 1. The molecule has 0 radical (unpaired) electrons. The van der Waals surface area contributed by atoms with Crippen LogP contribution >= 0.6 is 0 Å². The molecule has 0 saturated heterocycles. The quantitative estimate of drug-likeness (QED) is 0.801. The summed E-state index contributed by atoms with van der Waals surface area (Å²) >= 11 is 0. The monoisotopic (exact) mass is 237 g/mol. The van der Waals surface area contributed by atoms with Gasteiger partial charge in [-0.2, -0.15) is 0 Å². The molecule has 2 N–H and O–H groups in total. The van der Waals surface area contributed by atoms with E-state index in [0.717, 1.165) is 16.8 Å². The summed E-state index contributed by atoms with van der Waals surface area (Å²) in [6.45, 7) is 0.456. The lowest BCUT2D eigenvalue weighted by Gasteiger charge is -2.13. The van der Waals surface area contributed by atoms with Gasteiger partial charge in [-0.1, -0.05) is 42.3 Å². The molecule has 0 bridgehead atoms. The summed E-state index contributed by atoms with van der Waals surface area (Å²) in [4.78, 5) is 0. The molecular weight excluding hydrogens is 222 g/mol. The summed E-state index contributed by atoms with van der Waals surface area (Å²) in [6.07, 6.45) is 4.81. The molecule has 0 aromatic heterocycles. The van der Waals surface area contributed by atoms with Crippen LogP contribution in [0.2, 0.25) is 0 Å². The van der Waals surface area contributed by atoms with Crippen molar-refractivity contribution in [2.24, 2.45) is 0 Å². The summed E-state index contributed by atoms with van der Waals surface area (Å²) in [5, 5.41) is 13.2. The summed E-state index contributed by atoms with van der Waals surface area (Å²) in [7, 11) is 0. The van der Waals surface area contributed by atoms with Crippen molar-refractivity contribution in [2.45, 2.75) is 6.10 Å². The molecule has 1 atom stereocenters. The van der Waals surface area contributed by atoms with Crippen molar-refractivity contribution in [3.8, 4) is 12.3 Å². The van der Waals surface area contributed by atoms with Crippen LogP contribution < -0.4 is 5.32 Å². The molecule has 0 fully saturated rings. The average molecular weight is 237 g/mol. The first kappa shape index (κ1) is 12.2. The van der Waals surface area contributed by atoms with E-state index in [0.29, 0.717) is 6.54 Å². The predicted octanol–water partition coefficient (Wildman–Crippen LogP) is 2.81. The second kappa shape index (κ2) is 5.90. The third kappa shape index (κ3) is 3.13. The van der Waals surface area contributed by atoms with Crippen LogP contribution in [-0.2, 0) is 0 Å². The van der Waals surface area contributed by atoms with E-state index in [4.69, 9.17) is 6.42 Å². The Morgan fingerprint density at radius 1 is 1.11 bits per heavy atom. The first-order valence-electron chi connectivity index (χ1n) is 5.83. The maximum absolute atomic E-state index is 10.0. The second-order valence-corrected chi connectivity index (χ2v) is 4.03. The molecule has 90 valence electrons. The third-order valence-corrected chi connectivity index (χ3v) is 2.71. The van der Waals surface area contributed by atoms with Crippen molar-refractivity contribution in [2.75, 3.05) is 11.9 Å². The van der Waals surface area contributed by atoms with E-state index in [-0.39, 0.29) is 0 Å². The number of anilines is 1. The highest BCUT2D eigenvalue weighted by molar-refractivity contribution is 5.50. The van der Waals surface area contributed by atoms with Gasteiger partial charge in [-0.15, -0.1) is 6.42 Å². The van der Waals surface area contributed by atoms with E-state index in [1.54, 1.807) is 0 Å². The molecule has 18 heavy (non-hydrogen) atoms. The highest BCUT2D eigenvalue weighted by Crippen LogP contribution is 2.15. The van der Waals surface area contributed by atoms with E-state index < -0.39 is 6.10 Å². The van der Waals surface area contributed by atoms with Gasteiger partial charge in [0.2, 0.25) is 0 Å². The maximum atomic E-state index is 10.0. The zero-order valence-corrected chi connectivity index (χ0v) is 10.0. The third-order valence-electron chi connectivity index (χ3n) is 2.71. The van der Waals surface area contributed by atoms with Gasteiger partial charge in [0, 0.05) is 17.8 Å². The molecule has 2 heteroatoms. The standard InChI is InChI=1S/C16H15NO/c1-2-13-7-6-10-15(11-13)17-12-16(18)14-8-4-3-5-9-14/h1,3-11,16-18H,12H2. The second-order valence-electron chi connectivity index (χ2n) is 4.03. The number of benzene rings is 2. The molecule has 0 aliphatic carbocycles. The lowest BCUT2D eigenvalue weighted by Crippen LogP contribution is -2.11. The van der Waals surface area contributed by atoms with Gasteiger partial charge in [0.25, 0.3) is 0 Å². The minimum absolute atomic E-state index is 0.456. The fourth-order valence-corrected chi connectivity index (χ4v) is 1.73. The predicted molar refractivity (Wildman–Crippen MR) is 74.3 cm³/mol. The van der Waals surface area contributed by atoms with E-state index in [1.807, 2.05) is 54.6 Å². The highest BCUT2D eigenvalue weighted by atomic mass is 16.3. The molecule has 0 aliphatic heterocycles. The van der Waals surface area contributed by atoms with Crippen molar-refractivity contribution >= 4 is 5.69 Å². The minimum atomic E-state index is -0.527. The molecule has 1 unspecified atom stereocenters. The summed E-state index contributed by atoms with van der Waals surface area (Å²) in [5.41, 5.74) is 2.65. The van der Waals surface area contributed by atoms with Gasteiger partial charge in [0.1, 0.15) is 0 Å². The van der Waals surface area contributed by atoms with Crippen LogP contribution in [0, 0.1) is 12.3 Å². The topological polar surface area (TPSA) is 32.3 Å². The van der Waals surface area contributed by atoms with Crippen LogP contribution in [0.1, 0.15) is 17.2 Å². The molecule has 2 rings (SSSR count). The first-order chi connectivity index (χ1) is 8.79. The number of rotatable bonds is 4. The van der Waals surface area contributed by atoms with Gasteiger partial charge in [-0.05, 0) is 23.8 Å². The molecule has 2 aromatic rings. The Kier molecular flexibility index (Phi) is 4.01. The van der Waals surface area contributed by atoms with Crippen LogP contribution in [0.15, 0.2) is 54.6 Å². The number of aliphatic hydroxyl groups is 1. The molecule has 0 saturated carbocycles. The van der Waals surface area contributed by atoms with Gasteiger partial charge < -0.3 is 10.4 Å². The Bertz CT molecular complexity index is 543. The maximum Gasteiger partial charge on any atom is 0.0962 e. The fourth-order valence-electron chi connectivity index (χ4n) is 1.73. The summed E-state index contributed by atoms with van der Waals surface area (Å²) < 4.78 is 0. The smallest absolute Gasteiger partial charge is 0.0962 e. The van der Waals surface area contributed by atoms with E-state index >= 15 is 0 Å². The van der Waals surface area contributed by atoms with Crippen LogP contribution in [-0.4, -0.2) is 11.7 Å². The van der Waals surface area contributed by atoms with Crippen molar-refractivity contribution in [1.82, 2.24) is 0 Å². The molecular formula is C16H15NO. The van der Waals surface area contributed by atoms with Crippen molar-refractivity contribution in [1.29, 1.82) is 0 Å². The fraction of sp³-hybridized carbons (Fsp3) is 0.125. The Morgan fingerprint density at radius 3 is 2.61 bits per heavy atom. The lowest BCUT2D eigenvalue weighted by molar-refractivity contribution is 0.191. The molecule has 0 amide bonds. The van der Waals surface area contributed by atoms with Crippen LogP contribution in [0.25, 0.3) is 0 Å². The van der Waals surface area contributed by atoms with Gasteiger partial charge in [-0.3, -0.25) is 0 Å². The van der Waals surface area contributed by atoms with E-state index in [2.05, 4.69) is 11.2 Å². The van der Waals surface area contributed by atoms with Gasteiger partial charge in [0.15, 0.2) is 0 Å². The highest BCUT2D eigenvalue weighted by Gasteiger charge is 2.06. The Labute approximate surface area is 107 Å². The summed E-state index contributed by atoms with van der Waals surface area (Å²) in [6, 6.07) is 17.2. The van der Waals surface area contributed by atoms with Crippen LogP contribution in [0.3, 0.4) is 0 Å². The number of nitrogens with one attached hydrogen (secondary N) is 1. The molecule has 2 aromatic carbocycles. The Hall–Kier alpha value is -2.24. The SMILES string of the molecule is C#Cc1cccc(NCC(O)c2ccccc2)c1. The largest absolute Gasteiger partial charge is 0.387 e. The first-order valence-corrected chi connectivity index (χ1v) is 5.83. The van der Waals surface area contributed by atoms with E-state index in [1.165, 1.54) is 0 Å². The van der Waals surface area contributed by atoms with Gasteiger partial charge in [0.05, 0.1) is 6.10 Å². The van der Waals surface area contributed by atoms with Crippen molar-refractivity contribution < 1.29 is 5.11 Å². The Morgan fingerprint density at radius 2 is 1.89 bits per heavy atom. The number of hydrogen-bond donors (Lipinski definition) is 2. The van der Waals surface area contributed by atoms with Crippen molar-refractivity contribution in [3.63, 3.8) is 0 Å². The molecule has 0 spiro atoms. The minimum Gasteiger partial charge on any atom is -0.387 e. The molecule has 0 heterocycles. The lowest BCUT2D eigenvalue weighted by atomic mass is 10.1.